The smallest absolute Gasteiger partial charge is 0.187 e. The van der Waals surface area contributed by atoms with Crippen LogP contribution < -0.4 is 0 Å². The fraction of sp³-hybridized carbons (Fsp3) is 1.00. The van der Waals surface area contributed by atoms with Gasteiger partial charge in [-0.1, -0.05) is 27.7 Å². The Hall–Kier alpha value is -0.560. The van der Waals surface area contributed by atoms with Crippen molar-refractivity contribution >= 4 is 0 Å². The minimum atomic E-state index is -1.73. The van der Waals surface area contributed by atoms with Crippen molar-refractivity contribution in [2.24, 2.45) is 52.3 Å². The van der Waals surface area contributed by atoms with Crippen LogP contribution in [-0.4, -0.2) is 146 Å². The van der Waals surface area contributed by atoms with Crippen LogP contribution in [0.1, 0.15) is 85.5 Å². The maximum absolute atomic E-state index is 12.2. The molecule has 53 heavy (non-hydrogen) atoms. The Labute approximate surface area is 312 Å². The molecule has 304 valence electrons. The van der Waals surface area contributed by atoms with Crippen molar-refractivity contribution in [3.63, 3.8) is 0 Å². The van der Waals surface area contributed by atoms with Gasteiger partial charge in [-0.3, -0.25) is 0 Å². The molecule has 0 bridgehead atoms. The zero-order valence-electron chi connectivity index (χ0n) is 31.6. The van der Waals surface area contributed by atoms with Crippen LogP contribution in [0.2, 0.25) is 0 Å². The first-order chi connectivity index (χ1) is 25.2. The first kappa shape index (κ1) is 39.3. The second-order valence-corrected chi connectivity index (χ2v) is 18.8. The van der Waals surface area contributed by atoms with Gasteiger partial charge in [0.2, 0.25) is 0 Å². The average molecular weight is 757 g/mol. The number of aliphatic hydroxyl groups excluding tert-OH is 8. The summed E-state index contributed by atoms with van der Waals surface area (Å²) in [6, 6.07) is 0. The van der Waals surface area contributed by atoms with Crippen LogP contribution in [0, 0.1) is 52.3 Å². The van der Waals surface area contributed by atoms with Gasteiger partial charge < -0.3 is 69.3 Å². The number of fused-ring (bicyclic) bond motifs is 7. The van der Waals surface area contributed by atoms with E-state index in [1.807, 2.05) is 0 Å². The lowest BCUT2D eigenvalue weighted by atomic mass is 9.43. The Morgan fingerprint density at radius 1 is 0.698 bits per heavy atom. The normalized spacial score (nSPS) is 59.5. The lowest BCUT2D eigenvalue weighted by Crippen LogP contribution is -2.65. The van der Waals surface area contributed by atoms with E-state index >= 15 is 0 Å². The highest BCUT2D eigenvalue weighted by Gasteiger charge is 2.71. The van der Waals surface area contributed by atoms with Gasteiger partial charge in [0.05, 0.1) is 38.1 Å². The van der Waals surface area contributed by atoms with Crippen molar-refractivity contribution in [1.82, 2.24) is 0 Å². The second kappa shape index (κ2) is 14.4. The molecule has 14 heteroatoms. The van der Waals surface area contributed by atoms with Crippen molar-refractivity contribution in [2.45, 2.75) is 171 Å². The number of aliphatic hydroxyl groups is 8. The highest BCUT2D eigenvalue weighted by Crippen LogP contribution is 2.71. The summed E-state index contributed by atoms with van der Waals surface area (Å²) < 4.78 is 37.3. The third-order valence-electron chi connectivity index (χ3n) is 16.3. The molecular weight excluding hydrogens is 692 g/mol. The van der Waals surface area contributed by atoms with E-state index in [0.717, 1.165) is 58.0 Å². The highest BCUT2D eigenvalue weighted by atomic mass is 16.8. The quantitative estimate of drug-likeness (QED) is 0.173. The molecule has 0 aromatic rings. The van der Waals surface area contributed by atoms with Gasteiger partial charge in [-0.2, -0.15) is 0 Å². The highest BCUT2D eigenvalue weighted by molar-refractivity contribution is 5.18. The van der Waals surface area contributed by atoms with Gasteiger partial charge >= 0.3 is 0 Å². The summed E-state index contributed by atoms with van der Waals surface area (Å²) in [7, 11) is 0. The molecule has 0 aromatic carbocycles. The molecule has 0 amide bonds. The van der Waals surface area contributed by atoms with Gasteiger partial charge in [-0.15, -0.1) is 0 Å². The summed E-state index contributed by atoms with van der Waals surface area (Å²) in [6.45, 7) is 8.75. The lowest BCUT2D eigenvalue weighted by Gasteiger charge is -2.62. The van der Waals surface area contributed by atoms with Crippen molar-refractivity contribution in [3.8, 4) is 0 Å². The van der Waals surface area contributed by atoms with E-state index in [4.69, 9.17) is 28.4 Å². The second-order valence-electron chi connectivity index (χ2n) is 18.8. The molecule has 23 atom stereocenters. The fourth-order valence-electron chi connectivity index (χ4n) is 13.1. The first-order valence-electron chi connectivity index (χ1n) is 20.4. The van der Waals surface area contributed by atoms with Crippen LogP contribution in [0.3, 0.4) is 0 Å². The Morgan fingerprint density at radius 2 is 1.40 bits per heavy atom. The van der Waals surface area contributed by atoms with Crippen LogP contribution in [0.4, 0.5) is 0 Å². The molecule has 0 aromatic heterocycles. The van der Waals surface area contributed by atoms with Gasteiger partial charge in [-0.05, 0) is 86.4 Å². The molecule has 4 aliphatic heterocycles. The van der Waals surface area contributed by atoms with Crippen LogP contribution in [0.25, 0.3) is 0 Å². The minimum absolute atomic E-state index is 0.0118. The topological polar surface area (TPSA) is 217 Å². The summed E-state index contributed by atoms with van der Waals surface area (Å²) in [4.78, 5) is 0. The number of rotatable bonds is 6. The number of ether oxygens (including phenoxy) is 6. The molecule has 1 spiro atoms. The van der Waals surface area contributed by atoms with Gasteiger partial charge in [0.1, 0.15) is 48.8 Å². The van der Waals surface area contributed by atoms with Gasteiger partial charge in [0, 0.05) is 23.7 Å². The summed E-state index contributed by atoms with van der Waals surface area (Å²) in [5, 5.41) is 84.9. The lowest BCUT2D eigenvalue weighted by molar-refractivity contribution is -0.373. The van der Waals surface area contributed by atoms with E-state index in [1.165, 1.54) is 0 Å². The summed E-state index contributed by atoms with van der Waals surface area (Å²) in [5.41, 5.74) is -0.240. The van der Waals surface area contributed by atoms with Gasteiger partial charge in [-0.25, -0.2) is 0 Å². The summed E-state index contributed by atoms with van der Waals surface area (Å²) in [6.07, 6.45) is -7.33. The predicted octanol–water partition coefficient (Wildman–Crippen LogP) is 0.413. The maximum Gasteiger partial charge on any atom is 0.187 e. The largest absolute Gasteiger partial charge is 0.394 e. The molecule has 0 radical (unpaired) electrons. The Bertz CT molecular complexity index is 1300. The molecule has 8 aliphatic rings. The number of hydrogen-bond donors (Lipinski definition) is 8. The molecule has 4 heterocycles. The standard InChI is InChI=1S/C39H64O14/c1-17-7-10-39(48-16-17)18(2)28-24(53-39)12-23-21-6-5-19-11-20(8-9-37(19,3)22(21)13-27(42)38(23,28)4)49-36-34(32(46)30(44)26(15-41)51-36)52-35-33(47)31(45)29(43)25(14-40)50-35/h17-36,40-47H,5-16H2,1-4H3/t17-,18+,19+,20+,21-,22+,23+,24+,25-,26-,27?,28+,29-,30+,31+,32+,33-,34-,35+,36-,37+,38-,39-/m1/s1. The molecule has 4 aliphatic carbocycles. The molecule has 4 saturated carbocycles. The molecule has 1 unspecified atom stereocenters. The van der Waals surface area contributed by atoms with Crippen LogP contribution in [0.5, 0.6) is 0 Å². The molecular formula is C39H64O14. The Kier molecular flexibility index (Phi) is 10.6. The van der Waals surface area contributed by atoms with Crippen LogP contribution in [0.15, 0.2) is 0 Å². The van der Waals surface area contributed by atoms with Crippen LogP contribution in [-0.2, 0) is 28.4 Å². The molecule has 8 N–H and O–H groups in total. The van der Waals surface area contributed by atoms with Crippen molar-refractivity contribution in [1.29, 1.82) is 0 Å². The van der Waals surface area contributed by atoms with Crippen LogP contribution >= 0.6 is 0 Å². The summed E-state index contributed by atoms with van der Waals surface area (Å²) >= 11 is 0. The zero-order chi connectivity index (χ0) is 37.8. The molecule has 8 rings (SSSR count). The Morgan fingerprint density at radius 3 is 2.08 bits per heavy atom. The molecule has 8 fully saturated rings. The third kappa shape index (κ3) is 6.11. The van der Waals surface area contributed by atoms with Gasteiger partial charge in [0.15, 0.2) is 18.4 Å². The zero-order valence-corrected chi connectivity index (χ0v) is 31.6. The number of hydrogen-bond acceptors (Lipinski definition) is 14. The van der Waals surface area contributed by atoms with E-state index in [0.29, 0.717) is 36.0 Å². The first-order valence-corrected chi connectivity index (χ1v) is 20.4. The molecule has 14 nitrogen and oxygen atoms in total. The van der Waals surface area contributed by atoms with E-state index in [2.05, 4.69) is 27.7 Å². The third-order valence-corrected chi connectivity index (χ3v) is 16.3. The Balaban J connectivity index is 0.957. The van der Waals surface area contributed by atoms with E-state index in [9.17, 15) is 40.9 Å². The monoisotopic (exact) mass is 756 g/mol. The van der Waals surface area contributed by atoms with E-state index < -0.39 is 86.5 Å². The minimum Gasteiger partial charge on any atom is -0.394 e. The van der Waals surface area contributed by atoms with Crippen molar-refractivity contribution < 1.29 is 69.3 Å². The predicted molar refractivity (Wildman–Crippen MR) is 184 cm³/mol. The van der Waals surface area contributed by atoms with E-state index in [1.54, 1.807) is 0 Å². The fourth-order valence-corrected chi connectivity index (χ4v) is 13.1. The van der Waals surface area contributed by atoms with E-state index in [-0.39, 0.29) is 34.9 Å². The van der Waals surface area contributed by atoms with Crippen molar-refractivity contribution in [3.05, 3.63) is 0 Å². The molecule has 4 saturated heterocycles. The maximum atomic E-state index is 12.2. The van der Waals surface area contributed by atoms with Gasteiger partial charge in [0.25, 0.3) is 0 Å². The summed E-state index contributed by atoms with van der Waals surface area (Å²) in [5.74, 6) is 2.03. The van der Waals surface area contributed by atoms with Crippen molar-refractivity contribution in [2.75, 3.05) is 19.8 Å². The average Bonchev–Trinajstić information content (AvgIpc) is 3.59. The SMILES string of the molecule is C[C@@H]1CC[C@@]2(OC1)O[C@H]1C[C@H]3[C@@H]4CC[C@H]5C[C@@H](O[C@@H]6O[C@H](CO)[C@H](O)[C@H](O)[C@H]6O[C@@H]6O[C@H](CO)[C@@H](O)[C@H](O)[C@H]6O)CC[C@]5(C)[C@H]4CC(O)[C@]3(C)[C@H]1[C@@H]2C.